The molecule has 1 fully saturated rings. The van der Waals surface area contributed by atoms with Crippen LogP contribution in [0.2, 0.25) is 0 Å². The van der Waals surface area contributed by atoms with Crippen LogP contribution in [0.5, 0.6) is 0 Å². The molecule has 0 N–H and O–H groups in total. The van der Waals surface area contributed by atoms with Crippen molar-refractivity contribution >= 4 is 11.6 Å². The maximum atomic E-state index is 6.40. The molecule has 1 nitrogen and oxygen atoms in total. The van der Waals surface area contributed by atoms with Crippen LogP contribution in [0.25, 0.3) is 0 Å². The molecule has 76 valence electrons. The van der Waals surface area contributed by atoms with Gasteiger partial charge in [0, 0.05) is 5.92 Å². The fourth-order valence-electron chi connectivity index (χ4n) is 1.96. The Bertz CT molecular complexity index is 286. The largest absolute Gasteiger partial charge is 0.378 e. The van der Waals surface area contributed by atoms with Gasteiger partial charge in [0.2, 0.25) is 0 Å². The first-order valence-corrected chi connectivity index (χ1v) is 5.51. The van der Waals surface area contributed by atoms with E-state index >= 15 is 0 Å². The molecule has 1 aliphatic heterocycles. The highest BCUT2D eigenvalue weighted by molar-refractivity contribution is 6.21. The summed E-state index contributed by atoms with van der Waals surface area (Å²) in [6, 6.07) is 10.2. The normalized spacial score (nSPS) is 29.0. The quantitative estimate of drug-likeness (QED) is 0.680. The smallest absolute Gasteiger partial charge is 0.0636 e. The Hall–Kier alpha value is -0.530. The van der Waals surface area contributed by atoms with Gasteiger partial charge in [-0.2, -0.15) is 0 Å². The van der Waals surface area contributed by atoms with E-state index in [2.05, 4.69) is 19.1 Å². The van der Waals surface area contributed by atoms with Gasteiger partial charge in [0.05, 0.1) is 18.1 Å². The third-order valence-corrected chi connectivity index (χ3v) is 3.37. The van der Waals surface area contributed by atoms with Gasteiger partial charge in [-0.1, -0.05) is 30.3 Å². The summed E-state index contributed by atoms with van der Waals surface area (Å²) in [7, 11) is 0. The van der Waals surface area contributed by atoms with Crippen LogP contribution in [0, 0.1) is 5.92 Å². The molecule has 3 unspecified atom stereocenters. The van der Waals surface area contributed by atoms with Gasteiger partial charge in [0.1, 0.15) is 0 Å². The topological polar surface area (TPSA) is 9.23 Å². The van der Waals surface area contributed by atoms with Gasteiger partial charge < -0.3 is 4.74 Å². The fourth-order valence-corrected chi connectivity index (χ4v) is 2.28. The molecule has 14 heavy (non-hydrogen) atoms. The second-order valence-electron chi connectivity index (χ2n) is 3.95. The summed E-state index contributed by atoms with van der Waals surface area (Å²) in [5, 5.41) is 0.0983. The van der Waals surface area contributed by atoms with Crippen LogP contribution in [0.3, 0.4) is 0 Å². The number of hydrogen-bond donors (Lipinski definition) is 0. The summed E-state index contributed by atoms with van der Waals surface area (Å²) in [4.78, 5) is 0. The molecule has 0 radical (unpaired) electrons. The van der Waals surface area contributed by atoms with Gasteiger partial charge in [0.15, 0.2) is 0 Å². The van der Waals surface area contributed by atoms with E-state index in [1.54, 1.807) is 0 Å². The SMILES string of the molecule is CC1CC(C(Cl)c2ccccc2)CO1. The monoisotopic (exact) mass is 210 g/mol. The van der Waals surface area contributed by atoms with E-state index in [1.807, 2.05) is 18.2 Å². The summed E-state index contributed by atoms with van der Waals surface area (Å²) in [6.45, 7) is 2.90. The molecule has 0 amide bonds. The molecule has 1 aliphatic rings. The molecular weight excluding hydrogens is 196 g/mol. The number of hydrogen-bond acceptors (Lipinski definition) is 1. The van der Waals surface area contributed by atoms with Crippen molar-refractivity contribution in [3.63, 3.8) is 0 Å². The van der Waals surface area contributed by atoms with Crippen molar-refractivity contribution < 1.29 is 4.74 Å². The van der Waals surface area contributed by atoms with Crippen molar-refractivity contribution in [2.75, 3.05) is 6.61 Å². The minimum atomic E-state index is 0.0983. The van der Waals surface area contributed by atoms with Crippen LogP contribution in [0.4, 0.5) is 0 Å². The van der Waals surface area contributed by atoms with Crippen molar-refractivity contribution in [2.24, 2.45) is 5.92 Å². The Kier molecular flexibility index (Phi) is 3.09. The lowest BCUT2D eigenvalue weighted by molar-refractivity contribution is 0.120. The first kappa shape index (κ1) is 10.0. The summed E-state index contributed by atoms with van der Waals surface area (Å²) in [5.74, 6) is 0.467. The summed E-state index contributed by atoms with van der Waals surface area (Å²) in [5.41, 5.74) is 1.21. The van der Waals surface area contributed by atoms with Crippen molar-refractivity contribution in [1.29, 1.82) is 0 Å². The predicted octanol–water partition coefficient (Wildman–Crippen LogP) is 3.39. The second kappa shape index (κ2) is 4.33. The van der Waals surface area contributed by atoms with E-state index in [-0.39, 0.29) is 5.38 Å². The minimum absolute atomic E-state index is 0.0983. The van der Waals surface area contributed by atoms with Gasteiger partial charge in [-0.25, -0.2) is 0 Å². The van der Waals surface area contributed by atoms with E-state index in [4.69, 9.17) is 16.3 Å². The van der Waals surface area contributed by atoms with E-state index < -0.39 is 0 Å². The zero-order valence-electron chi connectivity index (χ0n) is 8.32. The summed E-state index contributed by atoms with van der Waals surface area (Å²) >= 11 is 6.40. The molecule has 2 rings (SSSR count). The highest BCUT2D eigenvalue weighted by Gasteiger charge is 2.28. The van der Waals surface area contributed by atoms with Crippen LogP contribution < -0.4 is 0 Å². The number of halogens is 1. The highest BCUT2D eigenvalue weighted by Crippen LogP contribution is 2.36. The highest BCUT2D eigenvalue weighted by atomic mass is 35.5. The third-order valence-electron chi connectivity index (χ3n) is 2.76. The standard InChI is InChI=1S/C12H15ClO/c1-9-7-11(8-14-9)12(13)10-5-3-2-4-6-10/h2-6,9,11-12H,7-8H2,1H3. The van der Waals surface area contributed by atoms with Gasteiger partial charge in [0.25, 0.3) is 0 Å². The summed E-state index contributed by atoms with van der Waals surface area (Å²) < 4.78 is 5.52. The van der Waals surface area contributed by atoms with E-state index in [0.29, 0.717) is 12.0 Å². The Balaban J connectivity index is 2.05. The lowest BCUT2D eigenvalue weighted by Crippen LogP contribution is -2.07. The first-order chi connectivity index (χ1) is 6.77. The molecule has 2 heteroatoms. The van der Waals surface area contributed by atoms with Crippen molar-refractivity contribution in [3.05, 3.63) is 35.9 Å². The minimum Gasteiger partial charge on any atom is -0.378 e. The van der Waals surface area contributed by atoms with Gasteiger partial charge in [-0.05, 0) is 18.9 Å². The van der Waals surface area contributed by atoms with E-state index in [1.165, 1.54) is 5.56 Å². The number of rotatable bonds is 2. The molecular formula is C12H15ClO. The zero-order valence-corrected chi connectivity index (χ0v) is 9.08. The van der Waals surface area contributed by atoms with E-state index in [9.17, 15) is 0 Å². The lowest BCUT2D eigenvalue weighted by atomic mass is 9.96. The molecule has 0 saturated carbocycles. The van der Waals surface area contributed by atoms with Crippen LogP contribution in [-0.2, 0) is 4.74 Å². The average molecular weight is 211 g/mol. The zero-order chi connectivity index (χ0) is 9.97. The van der Waals surface area contributed by atoms with Crippen LogP contribution in [0.1, 0.15) is 24.3 Å². The number of benzene rings is 1. The molecule has 0 spiro atoms. The molecule has 1 heterocycles. The van der Waals surface area contributed by atoms with Crippen LogP contribution in [-0.4, -0.2) is 12.7 Å². The molecule has 0 bridgehead atoms. The Morgan fingerprint density at radius 3 is 2.64 bits per heavy atom. The van der Waals surface area contributed by atoms with Gasteiger partial charge >= 0.3 is 0 Å². The van der Waals surface area contributed by atoms with Crippen molar-refractivity contribution in [2.45, 2.75) is 24.8 Å². The Labute approximate surface area is 90.0 Å². The number of alkyl halides is 1. The third kappa shape index (κ3) is 2.10. The second-order valence-corrected chi connectivity index (χ2v) is 4.42. The van der Waals surface area contributed by atoms with Crippen LogP contribution in [0.15, 0.2) is 30.3 Å². The summed E-state index contributed by atoms with van der Waals surface area (Å²) in [6.07, 6.45) is 1.44. The lowest BCUT2D eigenvalue weighted by Gasteiger charge is -2.15. The maximum absolute atomic E-state index is 6.40. The van der Waals surface area contributed by atoms with Gasteiger partial charge in [-0.15, -0.1) is 11.6 Å². The van der Waals surface area contributed by atoms with Crippen molar-refractivity contribution in [1.82, 2.24) is 0 Å². The van der Waals surface area contributed by atoms with Crippen LogP contribution >= 0.6 is 11.6 Å². The first-order valence-electron chi connectivity index (χ1n) is 5.08. The predicted molar refractivity (Wildman–Crippen MR) is 58.6 cm³/mol. The van der Waals surface area contributed by atoms with E-state index in [0.717, 1.165) is 13.0 Å². The maximum Gasteiger partial charge on any atom is 0.0636 e. The molecule has 1 aromatic carbocycles. The molecule has 1 aromatic rings. The average Bonchev–Trinajstić information content (AvgIpc) is 2.65. The van der Waals surface area contributed by atoms with Crippen molar-refractivity contribution in [3.8, 4) is 0 Å². The Morgan fingerprint density at radius 2 is 2.07 bits per heavy atom. The van der Waals surface area contributed by atoms with Gasteiger partial charge in [-0.3, -0.25) is 0 Å². The molecule has 1 saturated heterocycles. The Morgan fingerprint density at radius 1 is 1.36 bits per heavy atom. The molecule has 0 aliphatic carbocycles. The fraction of sp³-hybridized carbons (Fsp3) is 0.500. The molecule has 3 atom stereocenters. The number of ether oxygens (including phenoxy) is 1. The molecule has 0 aromatic heterocycles.